The van der Waals surface area contributed by atoms with Gasteiger partial charge in [0.15, 0.2) is 0 Å². The van der Waals surface area contributed by atoms with E-state index in [1.165, 1.54) is 0 Å². The first-order valence-corrected chi connectivity index (χ1v) is 5.50. The molecular weight excluding hydrogens is 192 g/mol. The maximum atomic E-state index is 12.0. The van der Waals surface area contributed by atoms with Crippen molar-refractivity contribution in [2.75, 3.05) is 0 Å². The number of Topliss-reactive ketones (excluding diaryl/α,β-unsaturated/α-hetero) is 1. The Morgan fingerprint density at radius 1 is 1.33 bits per heavy atom. The molecule has 2 atom stereocenters. The summed E-state index contributed by atoms with van der Waals surface area (Å²) in [6.07, 6.45) is 2.34. The topological polar surface area (TPSA) is 54.4 Å². The lowest BCUT2D eigenvalue weighted by atomic mass is 9.64. The van der Waals surface area contributed by atoms with Crippen LogP contribution >= 0.6 is 0 Å². The third-order valence-electron chi connectivity index (χ3n) is 5.41. The summed E-state index contributed by atoms with van der Waals surface area (Å²) in [6, 6.07) is 0. The van der Waals surface area contributed by atoms with Gasteiger partial charge < -0.3 is 5.11 Å². The Kier molecular flexibility index (Phi) is 1.87. The maximum absolute atomic E-state index is 12.0. The second-order valence-corrected chi connectivity index (χ2v) is 5.91. The fourth-order valence-corrected chi connectivity index (χ4v) is 3.66. The van der Waals surface area contributed by atoms with E-state index in [0.717, 1.165) is 12.8 Å². The van der Waals surface area contributed by atoms with Gasteiger partial charge in [0.2, 0.25) is 0 Å². The molecule has 0 aromatic heterocycles. The molecule has 2 aliphatic rings. The number of carbonyl (C=O) groups is 2. The Morgan fingerprint density at radius 3 is 2.27 bits per heavy atom. The summed E-state index contributed by atoms with van der Waals surface area (Å²) in [4.78, 5) is 22.9. The molecule has 1 N–H and O–H groups in total. The summed E-state index contributed by atoms with van der Waals surface area (Å²) in [6.45, 7) is 6.13. The second kappa shape index (κ2) is 2.63. The average Bonchev–Trinajstić information content (AvgIpc) is 2.33. The molecule has 84 valence electrons. The van der Waals surface area contributed by atoms with Crippen LogP contribution in [0, 0.1) is 16.2 Å². The van der Waals surface area contributed by atoms with E-state index in [4.69, 9.17) is 5.11 Å². The highest BCUT2D eigenvalue weighted by atomic mass is 16.4. The molecule has 2 aliphatic carbocycles. The molecule has 2 fully saturated rings. The van der Waals surface area contributed by atoms with Gasteiger partial charge in [-0.3, -0.25) is 9.59 Å². The fraction of sp³-hybridized carbons (Fsp3) is 0.833. The highest BCUT2D eigenvalue weighted by Gasteiger charge is 2.69. The van der Waals surface area contributed by atoms with Crippen LogP contribution in [0.1, 0.15) is 46.5 Å². The van der Waals surface area contributed by atoms with Crippen LogP contribution in [-0.2, 0) is 9.59 Å². The summed E-state index contributed by atoms with van der Waals surface area (Å²) < 4.78 is 0. The van der Waals surface area contributed by atoms with Crippen molar-refractivity contribution >= 4 is 11.8 Å². The van der Waals surface area contributed by atoms with Crippen molar-refractivity contribution in [3.63, 3.8) is 0 Å². The highest BCUT2D eigenvalue weighted by Crippen LogP contribution is 2.71. The molecule has 0 aromatic carbocycles. The van der Waals surface area contributed by atoms with Gasteiger partial charge in [-0.15, -0.1) is 0 Å². The Hall–Kier alpha value is -0.860. The molecule has 0 saturated heterocycles. The van der Waals surface area contributed by atoms with Gasteiger partial charge in [-0.25, -0.2) is 0 Å². The number of fused-ring (bicyclic) bond motifs is 2. The van der Waals surface area contributed by atoms with Crippen LogP contribution < -0.4 is 0 Å². The van der Waals surface area contributed by atoms with Gasteiger partial charge >= 0.3 is 5.97 Å². The van der Waals surface area contributed by atoms with Crippen molar-refractivity contribution in [1.29, 1.82) is 0 Å². The van der Waals surface area contributed by atoms with E-state index in [2.05, 4.69) is 13.8 Å². The van der Waals surface area contributed by atoms with Gasteiger partial charge in [-0.1, -0.05) is 20.8 Å². The Labute approximate surface area is 89.9 Å². The van der Waals surface area contributed by atoms with Crippen LogP contribution in [0.25, 0.3) is 0 Å². The number of carboxylic acids is 1. The number of carboxylic acid groups (broad SMARTS) is 1. The lowest BCUT2D eigenvalue weighted by Gasteiger charge is -2.39. The summed E-state index contributed by atoms with van der Waals surface area (Å²) in [7, 11) is 0. The van der Waals surface area contributed by atoms with E-state index in [1.54, 1.807) is 0 Å². The first-order chi connectivity index (χ1) is 6.75. The predicted octanol–water partition coefficient (Wildman–Crippen LogP) is 2.25. The van der Waals surface area contributed by atoms with E-state index in [0.29, 0.717) is 6.42 Å². The molecule has 2 saturated carbocycles. The third kappa shape index (κ3) is 1.01. The van der Waals surface area contributed by atoms with Crippen LogP contribution in [0.3, 0.4) is 0 Å². The first-order valence-electron chi connectivity index (χ1n) is 5.50. The molecule has 15 heavy (non-hydrogen) atoms. The zero-order valence-corrected chi connectivity index (χ0v) is 9.59. The second-order valence-electron chi connectivity index (χ2n) is 5.91. The van der Waals surface area contributed by atoms with Crippen molar-refractivity contribution in [1.82, 2.24) is 0 Å². The highest BCUT2D eigenvalue weighted by molar-refractivity contribution is 5.91. The number of hydrogen-bond donors (Lipinski definition) is 1. The normalized spacial score (nSPS) is 42.2. The van der Waals surface area contributed by atoms with E-state index in [1.807, 2.05) is 6.92 Å². The summed E-state index contributed by atoms with van der Waals surface area (Å²) >= 11 is 0. The molecule has 3 nitrogen and oxygen atoms in total. The van der Waals surface area contributed by atoms with Gasteiger partial charge in [-0.2, -0.15) is 0 Å². The van der Waals surface area contributed by atoms with Crippen molar-refractivity contribution in [2.45, 2.75) is 46.5 Å². The number of aliphatic carboxylic acids is 1. The number of rotatable bonds is 2. The SMILES string of the molecule is CC1(C)[C@@]2(CC(=O)O)CC[C@]1(C)C(=O)C2. The van der Waals surface area contributed by atoms with Gasteiger partial charge in [-0.05, 0) is 23.7 Å². The molecule has 0 aromatic rings. The molecular formula is C12H18O3. The van der Waals surface area contributed by atoms with Crippen LogP contribution in [0.15, 0.2) is 0 Å². The monoisotopic (exact) mass is 210 g/mol. The summed E-state index contributed by atoms with van der Waals surface area (Å²) in [5.74, 6) is -0.512. The lowest BCUT2D eigenvalue weighted by Crippen LogP contribution is -2.36. The average molecular weight is 210 g/mol. The molecule has 0 aliphatic heterocycles. The van der Waals surface area contributed by atoms with Gasteiger partial charge in [0, 0.05) is 11.8 Å². The van der Waals surface area contributed by atoms with E-state index >= 15 is 0 Å². The standard InChI is InChI=1S/C12H18O3/c1-10(2)11(3)4-5-12(10,6-8(11)13)7-9(14)15/h4-7H2,1-3H3,(H,14,15)/t11-,12+/m1/s1. The molecule has 0 amide bonds. The molecule has 2 bridgehead atoms. The minimum Gasteiger partial charge on any atom is -0.481 e. The Bertz CT molecular complexity index is 341. The van der Waals surface area contributed by atoms with Crippen LogP contribution in [0.5, 0.6) is 0 Å². The van der Waals surface area contributed by atoms with Crippen molar-refractivity contribution < 1.29 is 14.7 Å². The van der Waals surface area contributed by atoms with E-state index in [9.17, 15) is 9.59 Å². The van der Waals surface area contributed by atoms with E-state index in [-0.39, 0.29) is 28.4 Å². The molecule has 0 heterocycles. The van der Waals surface area contributed by atoms with Crippen LogP contribution in [-0.4, -0.2) is 16.9 Å². The third-order valence-corrected chi connectivity index (χ3v) is 5.41. The zero-order chi connectivity index (χ0) is 11.5. The Morgan fingerprint density at radius 2 is 1.93 bits per heavy atom. The predicted molar refractivity (Wildman–Crippen MR) is 55.4 cm³/mol. The van der Waals surface area contributed by atoms with Crippen LogP contribution in [0.2, 0.25) is 0 Å². The minimum atomic E-state index is -0.776. The molecule has 0 spiro atoms. The van der Waals surface area contributed by atoms with Crippen LogP contribution in [0.4, 0.5) is 0 Å². The molecule has 0 unspecified atom stereocenters. The van der Waals surface area contributed by atoms with Gasteiger partial charge in [0.25, 0.3) is 0 Å². The smallest absolute Gasteiger partial charge is 0.303 e. The maximum Gasteiger partial charge on any atom is 0.303 e. The van der Waals surface area contributed by atoms with Crippen molar-refractivity contribution in [2.24, 2.45) is 16.2 Å². The first kappa shape index (κ1) is 10.7. The van der Waals surface area contributed by atoms with Gasteiger partial charge in [0.05, 0.1) is 6.42 Å². The number of carbonyl (C=O) groups excluding carboxylic acids is 1. The summed E-state index contributed by atoms with van der Waals surface area (Å²) in [5, 5.41) is 8.98. The number of hydrogen-bond acceptors (Lipinski definition) is 2. The molecule has 3 heteroatoms. The lowest BCUT2D eigenvalue weighted by molar-refractivity contribution is -0.141. The minimum absolute atomic E-state index is 0.140. The van der Waals surface area contributed by atoms with Crippen molar-refractivity contribution in [3.8, 4) is 0 Å². The molecule has 0 radical (unpaired) electrons. The molecule has 2 rings (SSSR count). The van der Waals surface area contributed by atoms with Gasteiger partial charge in [0.1, 0.15) is 5.78 Å². The quantitative estimate of drug-likeness (QED) is 0.760. The van der Waals surface area contributed by atoms with E-state index < -0.39 is 5.97 Å². The largest absolute Gasteiger partial charge is 0.481 e. The zero-order valence-electron chi connectivity index (χ0n) is 9.59. The fourth-order valence-electron chi connectivity index (χ4n) is 3.66. The van der Waals surface area contributed by atoms with Crippen molar-refractivity contribution in [3.05, 3.63) is 0 Å². The number of ketones is 1. The summed E-state index contributed by atoms with van der Waals surface area (Å²) in [5.41, 5.74) is -0.747. The Balaban J connectivity index is 2.44.